The maximum Gasteiger partial charge on any atom is 0.189 e. The van der Waals surface area contributed by atoms with E-state index in [1.165, 1.54) is 0 Å². The van der Waals surface area contributed by atoms with Crippen LogP contribution in [0.5, 0.6) is 0 Å². The third kappa shape index (κ3) is 3.43. The van der Waals surface area contributed by atoms with Crippen molar-refractivity contribution < 1.29 is 5.21 Å². The Morgan fingerprint density at radius 3 is 3.00 bits per heavy atom. The average Bonchev–Trinajstić information content (AvgIpc) is 2.25. The number of nitrogens with two attached hydrogens (primary N) is 1. The van der Waals surface area contributed by atoms with Crippen molar-refractivity contribution in [2.45, 2.75) is 18.7 Å². The van der Waals surface area contributed by atoms with Crippen LogP contribution < -0.4 is 5.73 Å². The van der Waals surface area contributed by atoms with E-state index < -0.39 is 0 Å². The van der Waals surface area contributed by atoms with Gasteiger partial charge in [-0.05, 0) is 18.1 Å². The van der Waals surface area contributed by atoms with Crippen LogP contribution in [0, 0.1) is 5.92 Å². The summed E-state index contributed by atoms with van der Waals surface area (Å²) >= 11 is 1.66. The fraction of sp³-hybridized carbons (Fsp3) is 0.400. The van der Waals surface area contributed by atoms with Crippen LogP contribution in [-0.2, 0) is 0 Å². The van der Waals surface area contributed by atoms with Crippen LogP contribution in [0.15, 0.2) is 28.4 Å². The molecule has 15 heavy (non-hydrogen) atoms. The number of oxime groups is 1. The van der Waals surface area contributed by atoms with Crippen molar-refractivity contribution in [2.75, 3.05) is 5.75 Å². The van der Waals surface area contributed by atoms with Crippen LogP contribution in [0.4, 0.5) is 0 Å². The minimum Gasteiger partial charge on any atom is -0.409 e. The molecule has 0 aliphatic heterocycles. The van der Waals surface area contributed by atoms with E-state index in [4.69, 9.17) is 10.9 Å². The van der Waals surface area contributed by atoms with Gasteiger partial charge in [0.05, 0.1) is 0 Å². The number of amidine groups is 1. The van der Waals surface area contributed by atoms with Crippen molar-refractivity contribution in [2.24, 2.45) is 16.8 Å². The van der Waals surface area contributed by atoms with E-state index in [0.29, 0.717) is 11.6 Å². The molecule has 1 heterocycles. The number of nitrogens with zero attached hydrogens (tertiary/aromatic N) is 2. The lowest BCUT2D eigenvalue weighted by Crippen LogP contribution is -2.16. The van der Waals surface area contributed by atoms with Crippen LogP contribution in [-0.4, -0.2) is 21.8 Å². The Bertz CT molecular complexity index is 352. The summed E-state index contributed by atoms with van der Waals surface area (Å²) < 4.78 is 0. The zero-order valence-electron chi connectivity index (χ0n) is 8.84. The fourth-order valence-corrected chi connectivity index (χ4v) is 1.98. The highest BCUT2D eigenvalue weighted by Gasteiger charge is 2.08. The Balaban J connectivity index is 2.87. The number of aromatic nitrogens is 1. The average molecular weight is 225 g/mol. The Morgan fingerprint density at radius 1 is 1.67 bits per heavy atom. The summed E-state index contributed by atoms with van der Waals surface area (Å²) in [6.45, 7) is 4.29. The van der Waals surface area contributed by atoms with E-state index in [1.807, 2.05) is 12.1 Å². The number of thioether (sulfide) groups is 1. The predicted octanol–water partition coefficient (Wildman–Crippen LogP) is 1.92. The van der Waals surface area contributed by atoms with E-state index in [2.05, 4.69) is 24.0 Å². The molecular weight excluding hydrogens is 210 g/mol. The molecule has 0 bridgehead atoms. The van der Waals surface area contributed by atoms with Crippen LogP contribution in [0.25, 0.3) is 0 Å². The summed E-state index contributed by atoms with van der Waals surface area (Å²) in [4.78, 5) is 5.04. The second kappa shape index (κ2) is 5.60. The molecule has 1 aromatic heterocycles. The predicted molar refractivity (Wildman–Crippen MR) is 62.3 cm³/mol. The quantitative estimate of drug-likeness (QED) is 0.270. The fourth-order valence-electron chi connectivity index (χ4n) is 1.00. The Kier molecular flexibility index (Phi) is 4.42. The lowest BCUT2D eigenvalue weighted by Gasteiger charge is -2.07. The first kappa shape index (κ1) is 11.8. The molecule has 0 aliphatic rings. The third-order valence-electron chi connectivity index (χ3n) is 1.69. The smallest absolute Gasteiger partial charge is 0.189 e. The van der Waals surface area contributed by atoms with E-state index in [1.54, 1.807) is 18.0 Å². The maximum absolute atomic E-state index is 8.60. The molecule has 4 nitrogen and oxygen atoms in total. The first-order valence-corrected chi connectivity index (χ1v) is 5.69. The minimum atomic E-state index is 0.0573. The van der Waals surface area contributed by atoms with Crippen molar-refractivity contribution in [3.05, 3.63) is 24.0 Å². The Hall–Kier alpha value is -1.23. The molecule has 5 heteroatoms. The molecule has 0 spiro atoms. The van der Waals surface area contributed by atoms with Crippen molar-refractivity contribution >= 4 is 17.6 Å². The molecule has 0 fully saturated rings. The molecule has 0 amide bonds. The van der Waals surface area contributed by atoms with Gasteiger partial charge in [0.2, 0.25) is 0 Å². The van der Waals surface area contributed by atoms with Crippen LogP contribution in [0.2, 0.25) is 0 Å². The minimum absolute atomic E-state index is 0.0573. The SMILES string of the molecule is CC(C)CSc1cccnc1/C(N)=N/O. The second-order valence-corrected chi connectivity index (χ2v) is 4.60. The summed E-state index contributed by atoms with van der Waals surface area (Å²) in [7, 11) is 0. The number of hydrogen-bond donors (Lipinski definition) is 2. The highest BCUT2D eigenvalue weighted by atomic mass is 32.2. The van der Waals surface area contributed by atoms with Gasteiger partial charge in [0.1, 0.15) is 5.69 Å². The van der Waals surface area contributed by atoms with Crippen molar-refractivity contribution in [1.29, 1.82) is 0 Å². The van der Waals surface area contributed by atoms with Gasteiger partial charge in [-0.25, -0.2) is 0 Å². The number of rotatable bonds is 4. The molecule has 0 saturated carbocycles. The van der Waals surface area contributed by atoms with Gasteiger partial charge in [-0.2, -0.15) is 0 Å². The standard InChI is InChI=1S/C10H15N3OS/c1-7(2)6-15-8-4-3-5-12-9(8)10(11)13-14/h3-5,7,14H,6H2,1-2H3,(H2,11,13). The molecule has 0 unspecified atom stereocenters. The van der Waals surface area contributed by atoms with E-state index in [-0.39, 0.29) is 5.84 Å². The lowest BCUT2D eigenvalue weighted by molar-refractivity contribution is 0.318. The van der Waals surface area contributed by atoms with Crippen LogP contribution >= 0.6 is 11.8 Å². The maximum atomic E-state index is 8.60. The molecule has 82 valence electrons. The van der Waals surface area contributed by atoms with Gasteiger partial charge in [-0.15, -0.1) is 11.8 Å². The number of pyridine rings is 1. The van der Waals surface area contributed by atoms with E-state index >= 15 is 0 Å². The van der Waals surface area contributed by atoms with Gasteiger partial charge in [0, 0.05) is 16.8 Å². The first-order chi connectivity index (χ1) is 7.15. The van der Waals surface area contributed by atoms with E-state index in [0.717, 1.165) is 10.6 Å². The van der Waals surface area contributed by atoms with Crippen LogP contribution in [0.1, 0.15) is 19.5 Å². The highest BCUT2D eigenvalue weighted by molar-refractivity contribution is 7.99. The molecule has 0 aromatic carbocycles. The van der Waals surface area contributed by atoms with Gasteiger partial charge in [-0.1, -0.05) is 19.0 Å². The van der Waals surface area contributed by atoms with E-state index in [9.17, 15) is 0 Å². The zero-order valence-corrected chi connectivity index (χ0v) is 9.66. The van der Waals surface area contributed by atoms with Crippen molar-refractivity contribution in [3.63, 3.8) is 0 Å². The van der Waals surface area contributed by atoms with Crippen molar-refractivity contribution in [3.8, 4) is 0 Å². The monoisotopic (exact) mass is 225 g/mol. The lowest BCUT2D eigenvalue weighted by atomic mass is 10.3. The molecule has 1 rings (SSSR count). The Labute approximate surface area is 93.6 Å². The summed E-state index contributed by atoms with van der Waals surface area (Å²) in [5.74, 6) is 1.63. The van der Waals surface area contributed by atoms with Gasteiger partial charge in [0.15, 0.2) is 5.84 Å². The summed E-state index contributed by atoms with van der Waals surface area (Å²) in [5.41, 5.74) is 6.07. The van der Waals surface area contributed by atoms with Gasteiger partial charge in [0.25, 0.3) is 0 Å². The van der Waals surface area contributed by atoms with Gasteiger partial charge in [-0.3, -0.25) is 4.98 Å². The van der Waals surface area contributed by atoms with Gasteiger partial charge < -0.3 is 10.9 Å². The topological polar surface area (TPSA) is 71.5 Å². The first-order valence-electron chi connectivity index (χ1n) is 4.71. The summed E-state index contributed by atoms with van der Waals surface area (Å²) in [5, 5.41) is 11.6. The number of hydrogen-bond acceptors (Lipinski definition) is 4. The summed E-state index contributed by atoms with van der Waals surface area (Å²) in [6.07, 6.45) is 1.63. The second-order valence-electron chi connectivity index (χ2n) is 3.54. The Morgan fingerprint density at radius 2 is 2.40 bits per heavy atom. The molecular formula is C10H15N3OS. The molecule has 3 N–H and O–H groups in total. The van der Waals surface area contributed by atoms with Crippen molar-refractivity contribution in [1.82, 2.24) is 4.98 Å². The highest BCUT2D eigenvalue weighted by Crippen LogP contribution is 2.22. The normalized spacial score (nSPS) is 12.1. The largest absolute Gasteiger partial charge is 0.409 e. The molecule has 0 atom stereocenters. The third-order valence-corrected chi connectivity index (χ3v) is 3.17. The zero-order chi connectivity index (χ0) is 11.3. The molecule has 0 radical (unpaired) electrons. The molecule has 0 saturated heterocycles. The molecule has 0 aliphatic carbocycles. The van der Waals surface area contributed by atoms with Gasteiger partial charge >= 0.3 is 0 Å². The van der Waals surface area contributed by atoms with Crippen LogP contribution in [0.3, 0.4) is 0 Å². The summed E-state index contributed by atoms with van der Waals surface area (Å²) in [6, 6.07) is 3.77. The molecule has 1 aromatic rings.